The number of rotatable bonds is 8. The molecule has 0 atom stereocenters. The van der Waals surface area contributed by atoms with Crippen molar-refractivity contribution in [2.75, 3.05) is 13.2 Å². The molecule has 1 aliphatic heterocycles. The molecule has 2 aromatic rings. The van der Waals surface area contributed by atoms with Crippen LogP contribution in [0.3, 0.4) is 0 Å². The van der Waals surface area contributed by atoms with Crippen molar-refractivity contribution in [2.24, 2.45) is 0 Å². The number of halogens is 3. The van der Waals surface area contributed by atoms with E-state index in [2.05, 4.69) is 27.8 Å². The second kappa shape index (κ2) is 11.2. The molecule has 0 radical (unpaired) electrons. The number of amides is 2. The minimum atomic E-state index is -0.574. The summed E-state index contributed by atoms with van der Waals surface area (Å²) in [5.74, 6) is -0.149. The summed E-state index contributed by atoms with van der Waals surface area (Å²) in [4.78, 5) is 26.5. The van der Waals surface area contributed by atoms with Crippen molar-refractivity contribution in [3.8, 4) is 11.5 Å². The van der Waals surface area contributed by atoms with Crippen LogP contribution < -0.4 is 14.8 Å². The zero-order chi connectivity index (χ0) is 24.1. The number of hydrogen-bond donors (Lipinski definition) is 1. The first-order valence-corrected chi connectivity index (χ1v) is 11.7. The van der Waals surface area contributed by atoms with Crippen molar-refractivity contribution >= 4 is 74.4 Å². The van der Waals surface area contributed by atoms with Crippen LogP contribution in [0.2, 0.25) is 10.0 Å². The van der Waals surface area contributed by atoms with E-state index >= 15 is 0 Å². The zero-order valence-corrected chi connectivity index (χ0v) is 21.4. The van der Waals surface area contributed by atoms with Crippen molar-refractivity contribution < 1.29 is 19.1 Å². The topological polar surface area (TPSA) is 67.9 Å². The lowest BCUT2D eigenvalue weighted by Gasteiger charge is -2.27. The predicted molar refractivity (Wildman–Crippen MR) is 137 cm³/mol. The molecule has 33 heavy (non-hydrogen) atoms. The van der Waals surface area contributed by atoms with Gasteiger partial charge in [0, 0.05) is 11.0 Å². The molecule has 1 N–H and O–H groups in total. The zero-order valence-electron chi connectivity index (χ0n) is 17.5. The molecular formula is C23H19BrCl2N2O4S. The molecule has 1 saturated heterocycles. The highest BCUT2D eigenvalue weighted by Crippen LogP contribution is 2.36. The van der Waals surface area contributed by atoms with Crippen LogP contribution in [0.4, 0.5) is 0 Å². The van der Waals surface area contributed by atoms with E-state index in [1.54, 1.807) is 24.3 Å². The van der Waals surface area contributed by atoms with Crippen molar-refractivity contribution in [1.29, 1.82) is 0 Å². The van der Waals surface area contributed by atoms with Gasteiger partial charge in [-0.1, -0.05) is 51.3 Å². The highest BCUT2D eigenvalue weighted by molar-refractivity contribution is 9.10. The van der Waals surface area contributed by atoms with Crippen LogP contribution in [0.1, 0.15) is 18.1 Å². The molecule has 6 nitrogen and oxygen atoms in total. The average molecular weight is 570 g/mol. The Hall–Kier alpha value is -2.39. The summed E-state index contributed by atoms with van der Waals surface area (Å²) in [7, 11) is 0. The van der Waals surface area contributed by atoms with Gasteiger partial charge in [0.15, 0.2) is 16.6 Å². The normalized spacial score (nSPS) is 15.0. The fourth-order valence-electron chi connectivity index (χ4n) is 2.98. The lowest BCUT2D eigenvalue weighted by molar-refractivity contribution is -0.128. The van der Waals surface area contributed by atoms with Crippen LogP contribution in [0.5, 0.6) is 11.5 Å². The van der Waals surface area contributed by atoms with E-state index in [9.17, 15) is 9.59 Å². The van der Waals surface area contributed by atoms with Crippen LogP contribution >= 0.6 is 51.3 Å². The molecule has 1 aliphatic rings. The molecule has 0 saturated carbocycles. The number of nitrogens with zero attached hydrogens (tertiary/aromatic N) is 1. The minimum Gasteiger partial charge on any atom is -0.490 e. The largest absolute Gasteiger partial charge is 0.490 e. The minimum absolute atomic E-state index is 0.0437. The Balaban J connectivity index is 1.92. The SMILES string of the molecule is C=CCN1C(=O)/C(=C/c2cc(OCC)c(OCc3ccc(Cl)c(Cl)c3)cc2Br)C(=O)NC1=S. The van der Waals surface area contributed by atoms with Crippen LogP contribution in [0.25, 0.3) is 6.08 Å². The summed E-state index contributed by atoms with van der Waals surface area (Å²) in [5.41, 5.74) is 1.33. The van der Waals surface area contributed by atoms with Gasteiger partial charge in [0.1, 0.15) is 12.2 Å². The molecule has 0 bridgehead atoms. The van der Waals surface area contributed by atoms with Gasteiger partial charge >= 0.3 is 0 Å². The Morgan fingerprint density at radius 3 is 2.55 bits per heavy atom. The standard InChI is InChI=1S/C23H19BrCl2N2O4S/c1-3-7-28-22(30)15(21(29)27-23(28)33)9-14-10-19(31-4-2)20(11-16(14)24)32-12-13-5-6-17(25)18(26)8-13/h3,5-6,8-11H,1,4,7,12H2,2H3,(H,27,29,33)/b15-9+. The molecule has 172 valence electrons. The quantitative estimate of drug-likeness (QED) is 0.195. The molecule has 3 rings (SSSR count). The average Bonchev–Trinajstić information content (AvgIpc) is 2.77. The van der Waals surface area contributed by atoms with Gasteiger partial charge in [-0.25, -0.2) is 0 Å². The first-order chi connectivity index (χ1) is 15.7. The Bertz CT molecular complexity index is 1170. The van der Waals surface area contributed by atoms with E-state index in [1.165, 1.54) is 17.1 Å². The van der Waals surface area contributed by atoms with E-state index < -0.39 is 11.8 Å². The van der Waals surface area contributed by atoms with Crippen molar-refractivity contribution in [1.82, 2.24) is 10.2 Å². The first kappa shape index (κ1) is 25.2. The monoisotopic (exact) mass is 568 g/mol. The summed E-state index contributed by atoms with van der Waals surface area (Å²) in [6, 6.07) is 8.65. The summed E-state index contributed by atoms with van der Waals surface area (Å²) < 4.78 is 12.3. The second-order valence-corrected chi connectivity index (χ2v) is 8.87. The van der Waals surface area contributed by atoms with Crippen LogP contribution in [-0.2, 0) is 16.2 Å². The molecule has 0 aliphatic carbocycles. The van der Waals surface area contributed by atoms with E-state index in [0.717, 1.165) is 5.56 Å². The van der Waals surface area contributed by atoms with Crippen molar-refractivity contribution in [3.05, 3.63) is 74.2 Å². The fourth-order valence-corrected chi connectivity index (χ4v) is 3.99. The molecule has 10 heteroatoms. The summed E-state index contributed by atoms with van der Waals surface area (Å²) in [5, 5.41) is 3.47. The maximum Gasteiger partial charge on any atom is 0.265 e. The molecule has 1 heterocycles. The van der Waals surface area contributed by atoms with Gasteiger partial charge in [0.25, 0.3) is 11.8 Å². The molecule has 0 unspecified atom stereocenters. The van der Waals surface area contributed by atoms with E-state index in [1.807, 2.05) is 13.0 Å². The van der Waals surface area contributed by atoms with Crippen LogP contribution in [-0.4, -0.2) is 35.0 Å². The van der Waals surface area contributed by atoms with Gasteiger partial charge in [-0.3, -0.25) is 19.8 Å². The molecule has 2 amide bonds. The maximum absolute atomic E-state index is 12.8. The van der Waals surface area contributed by atoms with Gasteiger partial charge in [-0.05, 0) is 60.6 Å². The summed E-state index contributed by atoms with van der Waals surface area (Å²) in [6.07, 6.45) is 3.01. The molecule has 1 fully saturated rings. The number of ether oxygens (including phenoxy) is 2. The van der Waals surface area contributed by atoms with Crippen LogP contribution in [0.15, 0.2) is 53.0 Å². The Labute approximate surface area is 215 Å². The van der Waals surface area contributed by atoms with Gasteiger partial charge < -0.3 is 9.47 Å². The highest BCUT2D eigenvalue weighted by atomic mass is 79.9. The molecule has 0 aromatic heterocycles. The Kier molecular flexibility index (Phi) is 8.53. The predicted octanol–water partition coefficient (Wildman–Crippen LogP) is 5.55. The molecule has 0 spiro atoms. The molecule has 2 aromatic carbocycles. The Morgan fingerprint density at radius 1 is 1.15 bits per heavy atom. The molecular weight excluding hydrogens is 551 g/mol. The number of carbonyl (C=O) groups excluding carboxylic acids is 2. The first-order valence-electron chi connectivity index (χ1n) is 9.78. The van der Waals surface area contributed by atoms with E-state index in [0.29, 0.717) is 38.2 Å². The van der Waals surface area contributed by atoms with Crippen LogP contribution in [0, 0.1) is 0 Å². The lowest BCUT2D eigenvalue weighted by atomic mass is 10.1. The maximum atomic E-state index is 12.8. The van der Waals surface area contributed by atoms with Gasteiger partial charge in [-0.2, -0.15) is 0 Å². The van der Waals surface area contributed by atoms with Crippen molar-refractivity contribution in [2.45, 2.75) is 13.5 Å². The number of nitrogens with one attached hydrogen (secondary N) is 1. The van der Waals surface area contributed by atoms with E-state index in [-0.39, 0.29) is 23.8 Å². The summed E-state index contributed by atoms with van der Waals surface area (Å²) >= 11 is 20.6. The third-order valence-electron chi connectivity index (χ3n) is 4.54. The number of carbonyl (C=O) groups is 2. The highest BCUT2D eigenvalue weighted by Gasteiger charge is 2.32. The fraction of sp³-hybridized carbons (Fsp3) is 0.174. The third kappa shape index (κ3) is 5.95. The van der Waals surface area contributed by atoms with Crippen molar-refractivity contribution in [3.63, 3.8) is 0 Å². The van der Waals surface area contributed by atoms with Gasteiger partial charge in [0.2, 0.25) is 0 Å². The van der Waals surface area contributed by atoms with Gasteiger partial charge in [-0.15, -0.1) is 6.58 Å². The summed E-state index contributed by atoms with van der Waals surface area (Å²) in [6.45, 7) is 6.27. The smallest absolute Gasteiger partial charge is 0.265 e. The number of hydrogen-bond acceptors (Lipinski definition) is 5. The van der Waals surface area contributed by atoms with E-state index in [4.69, 9.17) is 44.9 Å². The third-order valence-corrected chi connectivity index (χ3v) is 6.29. The Morgan fingerprint density at radius 2 is 1.88 bits per heavy atom. The van der Waals surface area contributed by atoms with Gasteiger partial charge in [0.05, 0.1) is 16.7 Å². The number of benzene rings is 2. The number of thiocarbonyl (C=S) groups is 1. The lowest BCUT2D eigenvalue weighted by Crippen LogP contribution is -2.53. The second-order valence-electron chi connectivity index (χ2n) is 6.81.